The van der Waals surface area contributed by atoms with Crippen molar-refractivity contribution in [1.82, 2.24) is 9.55 Å². The van der Waals surface area contributed by atoms with Gasteiger partial charge in [-0.2, -0.15) is 0 Å². The van der Waals surface area contributed by atoms with E-state index in [2.05, 4.69) is 4.98 Å². The van der Waals surface area contributed by atoms with E-state index in [0.29, 0.717) is 18.0 Å². The lowest BCUT2D eigenvalue weighted by Crippen LogP contribution is -2.36. The highest BCUT2D eigenvalue weighted by molar-refractivity contribution is 5.93. The first-order valence-electron chi connectivity index (χ1n) is 7.65. The number of carbonyl (C=O) groups is 1. The number of anilines is 1. The average Bonchev–Trinajstić information content (AvgIpc) is 3.13. The lowest BCUT2D eigenvalue weighted by molar-refractivity contribution is -0.119. The molecule has 1 aromatic carbocycles. The summed E-state index contributed by atoms with van der Waals surface area (Å²) in [4.78, 5) is 30.6. The first-order valence-corrected chi connectivity index (χ1v) is 7.65. The van der Waals surface area contributed by atoms with Crippen LogP contribution in [0.4, 0.5) is 5.69 Å². The van der Waals surface area contributed by atoms with E-state index in [1.54, 1.807) is 17.0 Å². The molecule has 0 aliphatic carbocycles. The molecule has 0 bridgehead atoms. The zero-order valence-electron chi connectivity index (χ0n) is 13.3. The lowest BCUT2D eigenvalue weighted by atomic mass is 10.3. The monoisotopic (exact) mass is 323 g/mol. The highest BCUT2D eigenvalue weighted by Crippen LogP contribution is 2.15. The Morgan fingerprint density at radius 3 is 2.62 bits per heavy atom. The van der Waals surface area contributed by atoms with Crippen LogP contribution in [0.25, 0.3) is 11.5 Å². The van der Waals surface area contributed by atoms with Crippen molar-refractivity contribution < 1.29 is 9.21 Å². The highest BCUT2D eigenvalue weighted by atomic mass is 16.3. The maximum Gasteiger partial charge on any atom is 0.254 e. The second kappa shape index (κ2) is 6.95. The minimum atomic E-state index is -0.297. The van der Waals surface area contributed by atoms with Crippen molar-refractivity contribution in [2.45, 2.75) is 13.5 Å². The maximum absolute atomic E-state index is 12.5. The van der Waals surface area contributed by atoms with Crippen LogP contribution in [0.1, 0.15) is 6.92 Å². The Labute approximate surface area is 139 Å². The van der Waals surface area contributed by atoms with Crippen molar-refractivity contribution in [1.29, 1.82) is 0 Å². The molecule has 3 aromatic rings. The molecule has 0 N–H and O–H groups in total. The Hall–Kier alpha value is -3.15. The Balaban J connectivity index is 1.80. The normalized spacial score (nSPS) is 10.5. The van der Waals surface area contributed by atoms with Crippen LogP contribution in [0.15, 0.2) is 70.3 Å². The van der Waals surface area contributed by atoms with Gasteiger partial charge in [0, 0.05) is 18.3 Å². The predicted octanol–water partition coefficient (Wildman–Crippen LogP) is 2.56. The Morgan fingerprint density at radius 2 is 2.00 bits per heavy atom. The van der Waals surface area contributed by atoms with Crippen molar-refractivity contribution in [2.75, 3.05) is 11.4 Å². The molecule has 122 valence electrons. The molecule has 0 fully saturated rings. The van der Waals surface area contributed by atoms with Crippen LogP contribution in [-0.2, 0) is 11.3 Å². The summed E-state index contributed by atoms with van der Waals surface area (Å²) in [7, 11) is 0. The fourth-order valence-corrected chi connectivity index (χ4v) is 2.45. The number of aromatic nitrogens is 2. The number of rotatable bonds is 5. The minimum Gasteiger partial charge on any atom is -0.463 e. The van der Waals surface area contributed by atoms with Gasteiger partial charge in [0.25, 0.3) is 5.56 Å². The van der Waals surface area contributed by atoms with Gasteiger partial charge in [0.1, 0.15) is 12.2 Å². The van der Waals surface area contributed by atoms with Gasteiger partial charge in [-0.1, -0.05) is 18.2 Å². The zero-order chi connectivity index (χ0) is 16.9. The molecule has 0 unspecified atom stereocenters. The van der Waals surface area contributed by atoms with Gasteiger partial charge in [-0.25, -0.2) is 4.98 Å². The van der Waals surface area contributed by atoms with Crippen molar-refractivity contribution in [2.24, 2.45) is 0 Å². The number of nitrogens with zero attached hydrogens (tertiary/aromatic N) is 3. The molecule has 0 spiro atoms. The summed E-state index contributed by atoms with van der Waals surface area (Å²) in [6.07, 6.45) is 2.89. The van der Waals surface area contributed by atoms with Crippen LogP contribution in [0.2, 0.25) is 0 Å². The molecule has 0 saturated carbocycles. The fraction of sp³-hybridized carbons (Fsp3) is 0.167. The third kappa shape index (κ3) is 3.27. The van der Waals surface area contributed by atoms with Crippen LogP contribution in [0, 0.1) is 0 Å². The van der Waals surface area contributed by atoms with E-state index in [1.807, 2.05) is 37.3 Å². The van der Waals surface area contributed by atoms with E-state index in [9.17, 15) is 9.59 Å². The largest absolute Gasteiger partial charge is 0.463 e. The summed E-state index contributed by atoms with van der Waals surface area (Å²) in [6.45, 7) is 2.36. The van der Waals surface area contributed by atoms with E-state index < -0.39 is 0 Å². The maximum atomic E-state index is 12.5. The molecular formula is C18H17N3O3. The first kappa shape index (κ1) is 15.7. The van der Waals surface area contributed by atoms with Crippen LogP contribution in [0.5, 0.6) is 0 Å². The fourth-order valence-electron chi connectivity index (χ4n) is 2.45. The van der Waals surface area contributed by atoms with Gasteiger partial charge in [-0.05, 0) is 31.2 Å². The molecule has 2 heterocycles. The van der Waals surface area contributed by atoms with E-state index in [4.69, 9.17) is 4.42 Å². The number of furan rings is 1. The molecule has 6 heteroatoms. The van der Waals surface area contributed by atoms with E-state index in [-0.39, 0.29) is 18.0 Å². The highest BCUT2D eigenvalue weighted by Gasteiger charge is 2.15. The SMILES string of the molecule is CCN(C(=O)Cn1cnc(-c2ccco2)cc1=O)c1ccccc1. The van der Waals surface area contributed by atoms with Crippen molar-refractivity contribution in [3.05, 3.63) is 71.5 Å². The van der Waals surface area contributed by atoms with Gasteiger partial charge in [0.15, 0.2) is 5.76 Å². The third-order valence-corrected chi connectivity index (χ3v) is 3.64. The Morgan fingerprint density at radius 1 is 1.21 bits per heavy atom. The number of hydrogen-bond acceptors (Lipinski definition) is 4. The van der Waals surface area contributed by atoms with Gasteiger partial charge < -0.3 is 9.32 Å². The molecule has 24 heavy (non-hydrogen) atoms. The zero-order valence-corrected chi connectivity index (χ0v) is 13.3. The minimum absolute atomic E-state index is 0.0625. The summed E-state index contributed by atoms with van der Waals surface area (Å²) in [6, 6.07) is 14.2. The van der Waals surface area contributed by atoms with Gasteiger partial charge in [-0.3, -0.25) is 14.2 Å². The Bertz CT molecular complexity index is 870. The summed E-state index contributed by atoms with van der Waals surface area (Å²) in [5.41, 5.74) is 0.955. The van der Waals surface area contributed by atoms with Crippen molar-refractivity contribution in [3.8, 4) is 11.5 Å². The molecule has 0 aliphatic rings. The van der Waals surface area contributed by atoms with Gasteiger partial charge >= 0.3 is 0 Å². The van der Waals surface area contributed by atoms with E-state index >= 15 is 0 Å². The molecule has 0 saturated heterocycles. The smallest absolute Gasteiger partial charge is 0.254 e. The van der Waals surface area contributed by atoms with E-state index in [1.165, 1.54) is 23.2 Å². The summed E-state index contributed by atoms with van der Waals surface area (Å²) in [5.74, 6) is 0.350. The quantitative estimate of drug-likeness (QED) is 0.723. The van der Waals surface area contributed by atoms with Crippen molar-refractivity contribution in [3.63, 3.8) is 0 Å². The number of amides is 1. The summed E-state index contributed by atoms with van der Waals surface area (Å²) in [5, 5.41) is 0. The second-order valence-corrected chi connectivity index (χ2v) is 5.19. The molecule has 0 atom stereocenters. The molecule has 2 aromatic heterocycles. The summed E-state index contributed by atoms with van der Waals surface area (Å²) < 4.78 is 6.52. The van der Waals surface area contributed by atoms with E-state index in [0.717, 1.165) is 5.69 Å². The number of likely N-dealkylation sites (N-methyl/N-ethyl adjacent to an activating group) is 1. The standard InChI is InChI=1S/C18H17N3O3/c1-2-21(14-7-4-3-5-8-14)18(23)12-20-13-19-15(11-17(20)22)16-9-6-10-24-16/h3-11,13H,2,12H2,1H3. The molecule has 0 radical (unpaired) electrons. The summed E-state index contributed by atoms with van der Waals surface area (Å²) >= 11 is 0. The van der Waals surface area contributed by atoms with Crippen LogP contribution < -0.4 is 10.5 Å². The van der Waals surface area contributed by atoms with Crippen LogP contribution in [0.3, 0.4) is 0 Å². The number of benzene rings is 1. The average molecular weight is 323 g/mol. The molecule has 1 amide bonds. The van der Waals surface area contributed by atoms with Gasteiger partial charge in [0.05, 0.1) is 12.6 Å². The third-order valence-electron chi connectivity index (χ3n) is 3.64. The molecule has 3 rings (SSSR count). The van der Waals surface area contributed by atoms with Crippen LogP contribution in [-0.4, -0.2) is 22.0 Å². The first-order chi connectivity index (χ1) is 11.7. The molecular weight excluding hydrogens is 306 g/mol. The number of hydrogen-bond donors (Lipinski definition) is 0. The topological polar surface area (TPSA) is 68.3 Å². The Kier molecular flexibility index (Phi) is 4.56. The van der Waals surface area contributed by atoms with Crippen LogP contribution >= 0.6 is 0 Å². The number of para-hydroxylation sites is 1. The molecule has 0 aliphatic heterocycles. The van der Waals surface area contributed by atoms with Crippen molar-refractivity contribution >= 4 is 11.6 Å². The predicted molar refractivity (Wildman–Crippen MR) is 90.7 cm³/mol. The lowest BCUT2D eigenvalue weighted by Gasteiger charge is -2.21. The van der Waals surface area contributed by atoms with Gasteiger partial charge in [-0.15, -0.1) is 0 Å². The molecule has 6 nitrogen and oxygen atoms in total. The second-order valence-electron chi connectivity index (χ2n) is 5.19. The number of carbonyl (C=O) groups excluding carboxylic acids is 1. The van der Waals surface area contributed by atoms with Gasteiger partial charge in [0.2, 0.25) is 5.91 Å².